The van der Waals surface area contributed by atoms with Crippen molar-refractivity contribution in [3.05, 3.63) is 71.1 Å². The van der Waals surface area contributed by atoms with Crippen molar-refractivity contribution in [2.24, 2.45) is 0 Å². The minimum atomic E-state index is -1.09. The number of esters is 1. The summed E-state index contributed by atoms with van der Waals surface area (Å²) in [6.45, 7) is 11.3. The van der Waals surface area contributed by atoms with E-state index in [-0.39, 0.29) is 11.9 Å². The Morgan fingerprint density at radius 1 is 1.21 bits per heavy atom. The molecule has 142 valence electrons. The molecule has 28 heavy (non-hydrogen) atoms. The molecular weight excluding hydrogens is 356 g/mol. The Morgan fingerprint density at radius 3 is 2.64 bits per heavy atom. The molecule has 2 aliphatic heterocycles. The van der Waals surface area contributed by atoms with Crippen LogP contribution in [0.5, 0.6) is 5.75 Å². The number of ether oxygens (including phenoxy) is 2. The number of nitrogens with zero attached hydrogens (tertiary/aromatic N) is 2. The van der Waals surface area contributed by atoms with Crippen LogP contribution in [0.1, 0.15) is 36.2 Å². The highest BCUT2D eigenvalue weighted by atomic mass is 16.6. The average Bonchev–Trinajstić information content (AvgIpc) is 3.24. The Balaban J connectivity index is 1.51. The van der Waals surface area contributed by atoms with Gasteiger partial charge in [-0.1, -0.05) is 30.3 Å². The molecule has 2 aliphatic rings. The van der Waals surface area contributed by atoms with Crippen LogP contribution in [0.15, 0.2) is 48.5 Å². The molecule has 2 heterocycles. The van der Waals surface area contributed by atoms with Crippen LogP contribution in [-0.2, 0) is 15.1 Å². The molecule has 6 heteroatoms. The number of hydrogen-bond acceptors (Lipinski definition) is 4. The number of likely N-dealkylation sites (tertiary alicyclic amines) is 1. The standard InChI is InChI=1S/C22H20N2O4/c1-21(2,27-16-10-8-15(23-3)9-11-16)20(26)24-13-12-22(14-24)18-7-5-4-6-17(18)19(25)28-22/h4-11H,12-14H2,1-2H3. The highest BCUT2D eigenvalue weighted by Gasteiger charge is 2.52. The van der Waals surface area contributed by atoms with Crippen molar-refractivity contribution in [1.29, 1.82) is 0 Å². The van der Waals surface area contributed by atoms with Crippen molar-refractivity contribution in [2.75, 3.05) is 13.1 Å². The summed E-state index contributed by atoms with van der Waals surface area (Å²) in [5, 5.41) is 0. The SMILES string of the molecule is [C-]#[N+]c1ccc(OC(C)(C)C(=O)N2CCC3(C2)OC(=O)c2ccccc23)cc1. The largest absolute Gasteiger partial charge is 0.478 e. The summed E-state index contributed by atoms with van der Waals surface area (Å²) in [6.07, 6.45) is 0.567. The van der Waals surface area contributed by atoms with Crippen LogP contribution in [0.4, 0.5) is 5.69 Å². The van der Waals surface area contributed by atoms with Crippen LogP contribution in [0.25, 0.3) is 4.85 Å². The fourth-order valence-corrected chi connectivity index (χ4v) is 3.91. The third kappa shape index (κ3) is 2.89. The molecule has 0 N–H and O–H groups in total. The van der Waals surface area contributed by atoms with Crippen molar-refractivity contribution < 1.29 is 19.1 Å². The summed E-state index contributed by atoms with van der Waals surface area (Å²) in [4.78, 5) is 30.4. The molecule has 2 aromatic carbocycles. The summed E-state index contributed by atoms with van der Waals surface area (Å²) in [5.74, 6) is 0.0247. The van der Waals surface area contributed by atoms with Crippen molar-refractivity contribution in [3.63, 3.8) is 0 Å². The average molecular weight is 376 g/mol. The Bertz CT molecular complexity index is 990. The third-order valence-corrected chi connectivity index (χ3v) is 5.30. The van der Waals surface area contributed by atoms with Gasteiger partial charge in [-0.3, -0.25) is 4.79 Å². The number of hydrogen-bond donors (Lipinski definition) is 0. The van der Waals surface area contributed by atoms with Crippen LogP contribution in [0.2, 0.25) is 0 Å². The van der Waals surface area contributed by atoms with Crippen molar-refractivity contribution >= 4 is 17.6 Å². The van der Waals surface area contributed by atoms with Gasteiger partial charge in [-0.2, -0.15) is 0 Å². The predicted molar refractivity (Wildman–Crippen MR) is 102 cm³/mol. The first kappa shape index (κ1) is 18.1. The van der Waals surface area contributed by atoms with E-state index in [4.69, 9.17) is 16.0 Å². The van der Waals surface area contributed by atoms with Gasteiger partial charge in [0.15, 0.2) is 16.9 Å². The Labute approximate surface area is 163 Å². The van der Waals surface area contributed by atoms with Crippen molar-refractivity contribution in [3.8, 4) is 5.75 Å². The van der Waals surface area contributed by atoms with Crippen LogP contribution in [0.3, 0.4) is 0 Å². The van der Waals surface area contributed by atoms with Gasteiger partial charge in [-0.25, -0.2) is 9.64 Å². The summed E-state index contributed by atoms with van der Waals surface area (Å²) in [7, 11) is 0. The van der Waals surface area contributed by atoms with E-state index in [1.807, 2.05) is 18.2 Å². The molecule has 1 spiro atoms. The fraction of sp³-hybridized carbons (Fsp3) is 0.318. The number of carbonyl (C=O) groups is 2. The van der Waals surface area contributed by atoms with E-state index < -0.39 is 11.2 Å². The summed E-state index contributed by atoms with van der Waals surface area (Å²) < 4.78 is 11.6. The fourth-order valence-electron chi connectivity index (χ4n) is 3.91. The lowest BCUT2D eigenvalue weighted by Gasteiger charge is -2.31. The van der Waals surface area contributed by atoms with Crippen molar-refractivity contribution in [1.82, 2.24) is 4.90 Å². The Hall–Kier alpha value is -3.33. The normalized spacial score (nSPS) is 20.6. The molecule has 0 saturated carbocycles. The second kappa shape index (κ2) is 6.38. The number of benzene rings is 2. The van der Waals surface area contributed by atoms with E-state index >= 15 is 0 Å². The topological polar surface area (TPSA) is 60.2 Å². The molecule has 0 aromatic heterocycles. The number of carbonyl (C=O) groups excluding carboxylic acids is 2. The third-order valence-electron chi connectivity index (χ3n) is 5.30. The summed E-state index contributed by atoms with van der Waals surface area (Å²) >= 11 is 0. The molecule has 1 amide bonds. The smallest absolute Gasteiger partial charge is 0.339 e. The Kier molecular flexibility index (Phi) is 4.11. The highest BCUT2D eigenvalue weighted by Crippen LogP contribution is 2.43. The molecule has 1 saturated heterocycles. The number of rotatable bonds is 3. The lowest BCUT2D eigenvalue weighted by Crippen LogP contribution is -2.49. The van der Waals surface area contributed by atoms with Gasteiger partial charge in [-0.15, -0.1) is 0 Å². The molecule has 6 nitrogen and oxygen atoms in total. The monoisotopic (exact) mass is 376 g/mol. The van der Waals surface area contributed by atoms with Crippen LogP contribution < -0.4 is 4.74 Å². The maximum Gasteiger partial charge on any atom is 0.339 e. The van der Waals surface area contributed by atoms with Gasteiger partial charge in [0, 0.05) is 18.5 Å². The highest BCUT2D eigenvalue weighted by molar-refractivity contribution is 5.95. The zero-order chi connectivity index (χ0) is 19.9. The molecule has 1 fully saturated rings. The van der Waals surface area contributed by atoms with Gasteiger partial charge in [0.1, 0.15) is 5.75 Å². The molecular formula is C22H20N2O4. The lowest BCUT2D eigenvalue weighted by molar-refractivity contribution is -0.145. The van der Waals surface area contributed by atoms with E-state index in [0.717, 1.165) is 5.56 Å². The van der Waals surface area contributed by atoms with E-state index in [0.29, 0.717) is 36.5 Å². The maximum atomic E-state index is 13.1. The minimum Gasteiger partial charge on any atom is -0.478 e. The molecule has 2 aromatic rings. The number of fused-ring (bicyclic) bond motifs is 2. The van der Waals surface area contributed by atoms with Gasteiger partial charge < -0.3 is 14.4 Å². The maximum absolute atomic E-state index is 13.1. The molecule has 4 rings (SSSR count). The molecule has 0 bridgehead atoms. The van der Waals surface area contributed by atoms with E-state index in [9.17, 15) is 9.59 Å². The molecule has 0 radical (unpaired) electrons. The minimum absolute atomic E-state index is 0.168. The lowest BCUT2D eigenvalue weighted by atomic mass is 9.91. The summed E-state index contributed by atoms with van der Waals surface area (Å²) in [6, 6.07) is 14.0. The van der Waals surface area contributed by atoms with Crippen LogP contribution in [-0.4, -0.2) is 35.5 Å². The van der Waals surface area contributed by atoms with E-state index in [2.05, 4.69) is 4.85 Å². The molecule has 1 atom stereocenters. The van der Waals surface area contributed by atoms with Crippen molar-refractivity contribution in [2.45, 2.75) is 31.5 Å². The zero-order valence-corrected chi connectivity index (χ0v) is 15.8. The van der Waals surface area contributed by atoms with Gasteiger partial charge in [0.2, 0.25) is 0 Å². The van der Waals surface area contributed by atoms with Gasteiger partial charge >= 0.3 is 5.97 Å². The number of amides is 1. The van der Waals surface area contributed by atoms with Gasteiger partial charge in [0.05, 0.1) is 18.7 Å². The predicted octanol–water partition coefficient (Wildman–Crippen LogP) is 3.69. The second-order valence-electron chi connectivity index (χ2n) is 7.62. The quantitative estimate of drug-likeness (QED) is 0.605. The van der Waals surface area contributed by atoms with Gasteiger partial charge in [-0.05, 0) is 32.0 Å². The molecule has 1 unspecified atom stereocenters. The second-order valence-corrected chi connectivity index (χ2v) is 7.62. The van der Waals surface area contributed by atoms with E-state index in [1.54, 1.807) is 49.1 Å². The van der Waals surface area contributed by atoms with Crippen LogP contribution >= 0.6 is 0 Å². The summed E-state index contributed by atoms with van der Waals surface area (Å²) in [5.41, 5.74) is 0.0833. The van der Waals surface area contributed by atoms with Gasteiger partial charge in [0.25, 0.3) is 5.91 Å². The molecule has 0 aliphatic carbocycles. The Morgan fingerprint density at radius 2 is 1.93 bits per heavy atom. The first-order valence-corrected chi connectivity index (χ1v) is 9.13. The zero-order valence-electron chi connectivity index (χ0n) is 15.8. The first-order chi connectivity index (χ1) is 13.3. The van der Waals surface area contributed by atoms with E-state index in [1.165, 1.54) is 0 Å². The first-order valence-electron chi connectivity index (χ1n) is 9.13. The van der Waals surface area contributed by atoms with Crippen LogP contribution in [0, 0.1) is 6.57 Å².